The maximum Gasteiger partial charge on any atom is 0.193 e. The van der Waals surface area contributed by atoms with Crippen LogP contribution in [-0.4, -0.2) is 17.3 Å². The standard InChI is InChI=1S/C39H26O3/c40-37(27-11-15-29(16-12-27)38(41)33-21-19-25-9-7-23-3-1-5-31(33)35(23)25)28-13-17-30(18-14-28)39(42)34-22-20-26-10-8-24-4-2-6-32(34)36(24)26/h1-6,11-22H,7-10H2. The van der Waals surface area contributed by atoms with Crippen molar-refractivity contribution >= 4 is 38.9 Å². The first-order chi connectivity index (χ1) is 20.6. The molecule has 0 saturated heterocycles. The van der Waals surface area contributed by atoms with Crippen molar-refractivity contribution in [2.45, 2.75) is 25.7 Å². The van der Waals surface area contributed by atoms with E-state index in [4.69, 9.17) is 0 Å². The topological polar surface area (TPSA) is 51.2 Å². The van der Waals surface area contributed by atoms with Crippen LogP contribution in [0.1, 0.15) is 70.0 Å². The molecule has 42 heavy (non-hydrogen) atoms. The Kier molecular flexibility index (Phi) is 5.55. The van der Waals surface area contributed by atoms with Crippen molar-refractivity contribution in [1.29, 1.82) is 0 Å². The van der Waals surface area contributed by atoms with Crippen molar-refractivity contribution in [3.05, 3.63) is 165 Å². The summed E-state index contributed by atoms with van der Waals surface area (Å²) in [7, 11) is 0. The van der Waals surface area contributed by atoms with Gasteiger partial charge in [0.25, 0.3) is 0 Å². The summed E-state index contributed by atoms with van der Waals surface area (Å²) >= 11 is 0. The van der Waals surface area contributed by atoms with Crippen molar-refractivity contribution in [2.24, 2.45) is 0 Å². The molecule has 6 aromatic rings. The van der Waals surface area contributed by atoms with E-state index in [1.807, 2.05) is 36.4 Å². The van der Waals surface area contributed by atoms with Gasteiger partial charge in [-0.3, -0.25) is 14.4 Å². The molecule has 3 nitrogen and oxygen atoms in total. The van der Waals surface area contributed by atoms with Crippen molar-refractivity contribution in [1.82, 2.24) is 0 Å². The second kappa shape index (κ2) is 9.46. The van der Waals surface area contributed by atoms with Crippen molar-refractivity contribution in [2.75, 3.05) is 0 Å². The lowest BCUT2D eigenvalue weighted by Gasteiger charge is -2.10. The molecule has 0 spiro atoms. The summed E-state index contributed by atoms with van der Waals surface area (Å²) in [6.45, 7) is 0. The average molecular weight is 543 g/mol. The quantitative estimate of drug-likeness (QED) is 0.201. The van der Waals surface area contributed by atoms with E-state index in [0.29, 0.717) is 33.4 Å². The van der Waals surface area contributed by atoms with Gasteiger partial charge in [-0.15, -0.1) is 0 Å². The van der Waals surface area contributed by atoms with E-state index in [1.165, 1.54) is 33.0 Å². The van der Waals surface area contributed by atoms with Crippen molar-refractivity contribution in [3.63, 3.8) is 0 Å². The van der Waals surface area contributed by atoms with E-state index in [2.05, 4.69) is 24.3 Å². The van der Waals surface area contributed by atoms with E-state index in [1.54, 1.807) is 48.5 Å². The van der Waals surface area contributed by atoms with Gasteiger partial charge in [-0.05, 0) is 69.5 Å². The third-order valence-corrected chi connectivity index (χ3v) is 9.06. The summed E-state index contributed by atoms with van der Waals surface area (Å²) in [6, 6.07) is 34.1. The Hall–Kier alpha value is -5.15. The predicted octanol–water partition coefficient (Wildman–Crippen LogP) is 7.88. The van der Waals surface area contributed by atoms with E-state index < -0.39 is 0 Å². The molecule has 0 amide bonds. The number of carbonyl (C=O) groups is 3. The molecular formula is C39H26O3. The summed E-state index contributed by atoms with van der Waals surface area (Å²) in [6.07, 6.45) is 4.06. The van der Waals surface area contributed by atoms with Gasteiger partial charge >= 0.3 is 0 Å². The number of hydrogen-bond donors (Lipinski definition) is 0. The minimum absolute atomic E-state index is 0.0458. The summed E-state index contributed by atoms with van der Waals surface area (Å²) in [5, 5.41) is 4.43. The van der Waals surface area contributed by atoms with Crippen LogP contribution in [0.3, 0.4) is 0 Å². The van der Waals surface area contributed by atoms with Gasteiger partial charge in [0.15, 0.2) is 17.3 Å². The lowest BCUT2D eigenvalue weighted by Crippen LogP contribution is -2.06. The molecule has 0 aliphatic heterocycles. The number of hydrogen-bond acceptors (Lipinski definition) is 3. The molecule has 0 aromatic heterocycles. The molecule has 8 rings (SSSR count). The fourth-order valence-electron chi connectivity index (χ4n) is 6.91. The predicted molar refractivity (Wildman–Crippen MR) is 166 cm³/mol. The van der Waals surface area contributed by atoms with Crippen LogP contribution in [0.15, 0.2) is 109 Å². The van der Waals surface area contributed by atoms with Gasteiger partial charge < -0.3 is 0 Å². The van der Waals surface area contributed by atoms with Crippen molar-refractivity contribution < 1.29 is 14.4 Å². The zero-order valence-corrected chi connectivity index (χ0v) is 22.9. The van der Waals surface area contributed by atoms with Gasteiger partial charge in [-0.2, -0.15) is 0 Å². The van der Waals surface area contributed by atoms with Crippen LogP contribution in [0, 0.1) is 0 Å². The fraction of sp³-hybridized carbons (Fsp3) is 0.103. The maximum absolute atomic E-state index is 13.5. The first-order valence-corrected chi connectivity index (χ1v) is 14.5. The Labute approximate surface area is 243 Å². The molecule has 0 N–H and O–H groups in total. The van der Waals surface area contributed by atoms with Crippen LogP contribution in [0.4, 0.5) is 0 Å². The highest BCUT2D eigenvalue weighted by Gasteiger charge is 2.22. The number of aryl methyl sites for hydroxylation is 4. The fourth-order valence-corrected chi connectivity index (χ4v) is 6.91. The molecule has 0 fully saturated rings. The van der Waals surface area contributed by atoms with Gasteiger partial charge in [0.05, 0.1) is 0 Å². The first-order valence-electron chi connectivity index (χ1n) is 14.5. The van der Waals surface area contributed by atoms with E-state index in [9.17, 15) is 14.4 Å². The van der Waals surface area contributed by atoms with Gasteiger partial charge in [0, 0.05) is 33.4 Å². The zero-order valence-electron chi connectivity index (χ0n) is 22.9. The van der Waals surface area contributed by atoms with Crippen LogP contribution in [0.25, 0.3) is 21.5 Å². The molecule has 2 aliphatic rings. The second-order valence-corrected chi connectivity index (χ2v) is 11.4. The molecule has 6 aromatic carbocycles. The Bertz CT molecular complexity index is 1940. The Morgan fingerprint density at radius 1 is 0.357 bits per heavy atom. The minimum Gasteiger partial charge on any atom is -0.289 e. The van der Waals surface area contributed by atoms with Gasteiger partial charge in [-0.25, -0.2) is 0 Å². The Balaban J connectivity index is 1.04. The van der Waals surface area contributed by atoms with Crippen LogP contribution in [-0.2, 0) is 25.7 Å². The monoisotopic (exact) mass is 542 g/mol. The van der Waals surface area contributed by atoms with E-state index in [-0.39, 0.29) is 17.3 Å². The van der Waals surface area contributed by atoms with Crippen LogP contribution < -0.4 is 0 Å². The van der Waals surface area contributed by atoms with Crippen LogP contribution in [0.5, 0.6) is 0 Å². The lowest BCUT2D eigenvalue weighted by molar-refractivity contribution is 0.102. The summed E-state index contributed by atoms with van der Waals surface area (Å²) in [5.74, 6) is -0.241. The molecule has 3 heteroatoms. The maximum atomic E-state index is 13.5. The van der Waals surface area contributed by atoms with Crippen LogP contribution in [0.2, 0.25) is 0 Å². The Morgan fingerprint density at radius 2 is 0.690 bits per heavy atom. The number of carbonyl (C=O) groups excluding carboxylic acids is 3. The highest BCUT2D eigenvalue weighted by Crippen LogP contribution is 2.35. The molecule has 0 heterocycles. The van der Waals surface area contributed by atoms with Crippen LogP contribution >= 0.6 is 0 Å². The highest BCUT2D eigenvalue weighted by atomic mass is 16.1. The average Bonchev–Trinajstić information content (AvgIpc) is 3.67. The number of ketones is 3. The second-order valence-electron chi connectivity index (χ2n) is 11.4. The SMILES string of the molecule is O=C(c1ccc(C(=O)c2ccc3c4c(cccc24)CC3)cc1)c1ccc(C(=O)c2ccc3c4c(cccc24)CC3)cc1. The van der Waals surface area contributed by atoms with E-state index in [0.717, 1.165) is 36.5 Å². The summed E-state index contributed by atoms with van der Waals surface area (Å²) in [4.78, 5) is 40.2. The molecule has 0 bridgehead atoms. The normalized spacial score (nSPS) is 13.1. The highest BCUT2D eigenvalue weighted by molar-refractivity contribution is 6.19. The third-order valence-electron chi connectivity index (χ3n) is 9.06. The van der Waals surface area contributed by atoms with Gasteiger partial charge in [0.2, 0.25) is 0 Å². The number of rotatable bonds is 6. The van der Waals surface area contributed by atoms with Crippen molar-refractivity contribution in [3.8, 4) is 0 Å². The minimum atomic E-state index is -0.149. The zero-order chi connectivity index (χ0) is 28.4. The molecule has 200 valence electrons. The largest absolute Gasteiger partial charge is 0.289 e. The van der Waals surface area contributed by atoms with Gasteiger partial charge in [-0.1, -0.05) is 109 Å². The third kappa shape index (κ3) is 3.77. The molecule has 0 unspecified atom stereocenters. The Morgan fingerprint density at radius 3 is 1.07 bits per heavy atom. The van der Waals surface area contributed by atoms with Gasteiger partial charge in [0.1, 0.15) is 0 Å². The summed E-state index contributed by atoms with van der Waals surface area (Å²) in [5.41, 5.74) is 8.69. The lowest BCUT2D eigenvalue weighted by atomic mass is 9.93. The number of benzene rings is 6. The molecular weight excluding hydrogens is 516 g/mol. The molecule has 0 radical (unpaired) electrons. The smallest absolute Gasteiger partial charge is 0.193 e. The van der Waals surface area contributed by atoms with E-state index >= 15 is 0 Å². The molecule has 2 aliphatic carbocycles. The molecule has 0 saturated carbocycles. The molecule has 0 atom stereocenters. The first kappa shape index (κ1) is 24.6. The summed E-state index contributed by atoms with van der Waals surface area (Å²) < 4.78 is 0.